The second-order valence-corrected chi connectivity index (χ2v) is 20.8. The minimum absolute atomic E-state index is 0.0136. The molecule has 2 heterocycles. The molecule has 7 aliphatic rings. The van der Waals surface area contributed by atoms with E-state index in [2.05, 4.69) is 81.8 Å². The molecule has 2 aromatic rings. The number of nitrogens with one attached hydrogen (secondary N) is 1. The number of fused-ring (bicyclic) bond motifs is 7. The van der Waals surface area contributed by atoms with E-state index in [0.717, 1.165) is 62.2 Å². The number of ether oxygens (including phenoxy) is 1. The highest BCUT2D eigenvalue weighted by Gasteiger charge is 2.74. The lowest BCUT2D eigenvalue weighted by Crippen LogP contribution is -2.67. The molecule has 7 fully saturated rings. The molecule has 6 heteroatoms. The SMILES string of the molecule is CC(=O)O[C@H]1CC[C@]2(C)[C@H]3CC[C@@H]4[C@H]5[C@H](C6(C)CC6)CC[C@]5(C(=O)N5CCCC5c5ncc(-c6ccccc6)[nH]5)CC[C@@]4(C)[C@]3(C)CC[C@H]2C1(C)C. The zero-order chi connectivity index (χ0) is 36.5. The minimum atomic E-state index is -0.244. The van der Waals surface area contributed by atoms with Crippen molar-refractivity contribution in [2.24, 2.45) is 62.1 Å². The average Bonchev–Trinajstić information content (AvgIpc) is 3.50. The molecule has 11 atom stereocenters. The first kappa shape index (κ1) is 35.1. The third kappa shape index (κ3) is 4.75. The van der Waals surface area contributed by atoms with Gasteiger partial charge in [0.2, 0.25) is 5.91 Å². The van der Waals surface area contributed by atoms with Gasteiger partial charge in [0, 0.05) is 18.9 Å². The molecule has 1 aliphatic heterocycles. The van der Waals surface area contributed by atoms with E-state index in [1.54, 1.807) is 6.92 Å². The van der Waals surface area contributed by atoms with Gasteiger partial charge in [-0.15, -0.1) is 0 Å². The first-order valence-corrected chi connectivity index (χ1v) is 21.3. The van der Waals surface area contributed by atoms with Crippen LogP contribution >= 0.6 is 0 Å². The predicted octanol–water partition coefficient (Wildman–Crippen LogP) is 10.6. The molecule has 6 nitrogen and oxygen atoms in total. The summed E-state index contributed by atoms with van der Waals surface area (Å²) in [7, 11) is 0. The van der Waals surface area contributed by atoms with Crippen molar-refractivity contribution in [2.75, 3.05) is 6.54 Å². The number of likely N-dealkylation sites (tertiary alicyclic amines) is 1. The number of carbonyl (C=O) groups is 2. The monoisotopic (exact) mass is 708 g/mol. The number of esters is 1. The van der Waals surface area contributed by atoms with Gasteiger partial charge in [0.15, 0.2) is 0 Å². The highest BCUT2D eigenvalue weighted by atomic mass is 16.5. The van der Waals surface area contributed by atoms with E-state index < -0.39 is 0 Å². The summed E-state index contributed by atoms with van der Waals surface area (Å²) in [6.07, 6.45) is 18.4. The summed E-state index contributed by atoms with van der Waals surface area (Å²) in [6, 6.07) is 10.5. The number of hydrogen-bond donors (Lipinski definition) is 1. The number of imidazole rings is 1. The van der Waals surface area contributed by atoms with Crippen LogP contribution in [0.2, 0.25) is 0 Å². The molecule has 0 spiro atoms. The van der Waals surface area contributed by atoms with Crippen molar-refractivity contribution < 1.29 is 14.3 Å². The van der Waals surface area contributed by atoms with Crippen molar-refractivity contribution in [1.82, 2.24) is 14.9 Å². The maximum atomic E-state index is 15.6. The Kier molecular flexibility index (Phi) is 7.89. The fourth-order valence-electron chi connectivity index (χ4n) is 15.5. The quantitative estimate of drug-likeness (QED) is 0.314. The zero-order valence-electron chi connectivity index (χ0n) is 33.2. The molecule has 52 heavy (non-hydrogen) atoms. The van der Waals surface area contributed by atoms with Gasteiger partial charge >= 0.3 is 5.97 Å². The Bertz CT molecular complexity index is 1730. The molecule has 1 saturated heterocycles. The molecular formula is C46H65N3O3. The average molecular weight is 708 g/mol. The van der Waals surface area contributed by atoms with Crippen molar-refractivity contribution >= 4 is 11.9 Å². The molecule has 1 aromatic carbocycles. The molecule has 6 saturated carbocycles. The standard InChI is InChI=1S/C46H65N3O3/c1-29(50)52-37-19-20-43(5)35(41(37,2)3)18-21-45(7)36(43)16-15-32-38-31(42(4)23-24-42)17-22-46(38,26-25-44(32,45)6)40(51)49-27-11-14-34(49)39-47-28-33(48-39)30-12-9-8-10-13-30/h8-10,12-13,28,31-32,34-38H,11,14-27H2,1-7H3,(H,47,48)/t31-,32-,34?,35+,36-,37+,38-,43+,44-,45-,46+/m1/s1. The van der Waals surface area contributed by atoms with Gasteiger partial charge in [0.05, 0.1) is 23.3 Å². The van der Waals surface area contributed by atoms with E-state index in [9.17, 15) is 4.79 Å². The van der Waals surface area contributed by atoms with Gasteiger partial charge in [-0.05, 0) is 147 Å². The Morgan fingerprint density at radius 3 is 2.29 bits per heavy atom. The number of H-pyrrole nitrogens is 1. The number of nitrogens with zero attached hydrogens (tertiary/aromatic N) is 2. The number of benzene rings is 1. The number of hydrogen-bond acceptors (Lipinski definition) is 4. The van der Waals surface area contributed by atoms with Crippen LogP contribution in [0.3, 0.4) is 0 Å². The van der Waals surface area contributed by atoms with Crippen LogP contribution in [0.1, 0.15) is 150 Å². The summed E-state index contributed by atoms with van der Waals surface area (Å²) < 4.78 is 6.02. The van der Waals surface area contributed by atoms with E-state index in [-0.39, 0.29) is 45.2 Å². The van der Waals surface area contributed by atoms with E-state index in [4.69, 9.17) is 9.72 Å². The zero-order valence-corrected chi connectivity index (χ0v) is 33.2. The van der Waals surface area contributed by atoms with Crippen LogP contribution in [-0.4, -0.2) is 39.4 Å². The first-order valence-electron chi connectivity index (χ1n) is 21.3. The van der Waals surface area contributed by atoms with Gasteiger partial charge in [-0.25, -0.2) is 4.98 Å². The van der Waals surface area contributed by atoms with Gasteiger partial charge in [-0.1, -0.05) is 71.9 Å². The molecule has 1 amide bonds. The summed E-state index contributed by atoms with van der Waals surface area (Å²) >= 11 is 0. The summed E-state index contributed by atoms with van der Waals surface area (Å²) in [6.45, 7) is 17.9. The first-order chi connectivity index (χ1) is 24.7. The van der Waals surface area contributed by atoms with E-state index >= 15 is 4.79 Å². The molecule has 1 aromatic heterocycles. The fraction of sp³-hybridized carbons (Fsp3) is 0.761. The second-order valence-electron chi connectivity index (χ2n) is 20.8. The number of aromatic nitrogens is 2. The van der Waals surface area contributed by atoms with Crippen LogP contribution < -0.4 is 0 Å². The molecule has 6 aliphatic carbocycles. The van der Waals surface area contributed by atoms with Gasteiger partial charge in [-0.2, -0.15) is 0 Å². The van der Waals surface area contributed by atoms with E-state index in [0.29, 0.717) is 40.9 Å². The molecule has 0 bridgehead atoms. The fourth-order valence-corrected chi connectivity index (χ4v) is 15.5. The maximum absolute atomic E-state index is 15.6. The van der Waals surface area contributed by atoms with Crippen molar-refractivity contribution in [3.8, 4) is 11.3 Å². The normalized spacial score (nSPS) is 44.2. The lowest BCUT2D eigenvalue weighted by atomic mass is 9.32. The smallest absolute Gasteiger partial charge is 0.302 e. The highest BCUT2D eigenvalue weighted by molar-refractivity contribution is 5.84. The Labute approximate surface area is 313 Å². The van der Waals surface area contributed by atoms with Crippen molar-refractivity contribution in [2.45, 2.75) is 151 Å². The predicted molar refractivity (Wildman–Crippen MR) is 205 cm³/mol. The van der Waals surface area contributed by atoms with Crippen LogP contribution in [0, 0.1) is 62.1 Å². The van der Waals surface area contributed by atoms with Gasteiger partial charge in [-0.3, -0.25) is 9.59 Å². The second kappa shape index (κ2) is 11.7. The highest BCUT2D eigenvalue weighted by Crippen LogP contribution is 2.79. The van der Waals surface area contributed by atoms with Gasteiger partial charge < -0.3 is 14.6 Å². The van der Waals surface area contributed by atoms with Crippen LogP contribution in [0.25, 0.3) is 11.3 Å². The largest absolute Gasteiger partial charge is 0.462 e. The van der Waals surface area contributed by atoms with Crippen molar-refractivity contribution in [1.29, 1.82) is 0 Å². The molecule has 9 rings (SSSR count). The number of aromatic amines is 1. The number of carbonyl (C=O) groups excluding carboxylic acids is 2. The summed E-state index contributed by atoms with van der Waals surface area (Å²) in [5.41, 5.74) is 3.03. The Hall–Kier alpha value is -2.63. The van der Waals surface area contributed by atoms with E-state index in [1.807, 2.05) is 6.20 Å². The topological polar surface area (TPSA) is 75.3 Å². The Balaban J connectivity index is 1.04. The minimum Gasteiger partial charge on any atom is -0.462 e. The van der Waals surface area contributed by atoms with Crippen molar-refractivity contribution in [3.63, 3.8) is 0 Å². The molecule has 1 N–H and O–H groups in total. The van der Waals surface area contributed by atoms with Crippen LogP contribution in [0.5, 0.6) is 0 Å². The molecule has 282 valence electrons. The van der Waals surface area contributed by atoms with Crippen LogP contribution in [-0.2, 0) is 14.3 Å². The summed E-state index contributed by atoms with van der Waals surface area (Å²) in [5, 5.41) is 0. The third-order valence-electron chi connectivity index (χ3n) is 18.6. The van der Waals surface area contributed by atoms with Crippen LogP contribution in [0.4, 0.5) is 0 Å². The molecular weight excluding hydrogens is 643 g/mol. The molecule has 1 unspecified atom stereocenters. The number of amides is 1. The maximum Gasteiger partial charge on any atom is 0.302 e. The third-order valence-corrected chi connectivity index (χ3v) is 18.6. The van der Waals surface area contributed by atoms with Crippen molar-refractivity contribution in [3.05, 3.63) is 42.4 Å². The summed E-state index contributed by atoms with van der Waals surface area (Å²) in [5.74, 6) is 4.25. The Morgan fingerprint density at radius 2 is 1.56 bits per heavy atom. The van der Waals surface area contributed by atoms with Gasteiger partial charge in [0.25, 0.3) is 0 Å². The van der Waals surface area contributed by atoms with Gasteiger partial charge in [0.1, 0.15) is 11.9 Å². The van der Waals surface area contributed by atoms with Crippen LogP contribution in [0.15, 0.2) is 36.5 Å². The molecule has 0 radical (unpaired) electrons. The number of rotatable bonds is 5. The summed E-state index contributed by atoms with van der Waals surface area (Å²) in [4.78, 5) is 38.6. The van der Waals surface area contributed by atoms with E-state index in [1.165, 1.54) is 51.4 Å². The Morgan fingerprint density at radius 1 is 0.788 bits per heavy atom. The lowest BCUT2D eigenvalue weighted by Gasteiger charge is -2.73. The lowest BCUT2D eigenvalue weighted by molar-refractivity contribution is -0.251.